The van der Waals surface area contributed by atoms with Crippen molar-refractivity contribution in [3.8, 4) is 0 Å². The van der Waals surface area contributed by atoms with Gasteiger partial charge in [0.1, 0.15) is 29.8 Å². The van der Waals surface area contributed by atoms with Crippen LogP contribution in [0.1, 0.15) is 58.6 Å². The molecule has 4 aliphatic rings. The number of benzene rings is 1. The van der Waals surface area contributed by atoms with E-state index in [9.17, 15) is 24.3 Å². The number of carbonyl (C=O) groups excluding carboxylic acids is 4. The number of nitrogens with zero attached hydrogens (tertiary/aromatic N) is 2. The number of amides is 3. The van der Waals surface area contributed by atoms with Crippen LogP contribution in [0.5, 0.6) is 0 Å². The number of cyclic esters (lactones) is 1. The lowest BCUT2D eigenvalue weighted by Crippen LogP contribution is -2.59. The number of ether oxygens (including phenoxy) is 2. The first kappa shape index (κ1) is 32.4. The molecule has 0 saturated carbocycles. The molecule has 1 aromatic carbocycles. The molecule has 2 saturated heterocycles. The molecule has 0 aromatic heterocycles. The summed E-state index contributed by atoms with van der Waals surface area (Å²) < 4.78 is 13.2. The lowest BCUT2D eigenvalue weighted by Gasteiger charge is -2.40. The molecule has 0 unspecified atom stereocenters. The summed E-state index contributed by atoms with van der Waals surface area (Å²) in [7, 11) is 0. The zero-order chi connectivity index (χ0) is 31.8. The molecule has 4 heterocycles. The third-order valence-electron chi connectivity index (χ3n) is 9.05. The minimum Gasteiger partial charge on any atom is -0.455 e. The highest BCUT2D eigenvalue weighted by Gasteiger charge is 2.75. The highest BCUT2D eigenvalue weighted by Crippen LogP contribution is 2.59. The number of aliphatic hydroxyl groups excluding tert-OH is 1. The molecule has 5 rings (SSSR count). The fraction of sp³-hybridized carbons (Fsp3) is 0.576. The van der Waals surface area contributed by atoms with E-state index in [-0.39, 0.29) is 49.9 Å². The Morgan fingerprint density at radius 2 is 1.80 bits per heavy atom. The van der Waals surface area contributed by atoms with Gasteiger partial charge in [0.2, 0.25) is 17.7 Å². The van der Waals surface area contributed by atoms with E-state index >= 15 is 0 Å². The number of halogens is 1. The minimum atomic E-state index is -1.42. The molecule has 1 aromatic rings. The Kier molecular flexibility index (Phi) is 9.67. The molecule has 4 aliphatic heterocycles. The number of esters is 1. The second-order valence-electron chi connectivity index (χ2n) is 12.8. The summed E-state index contributed by atoms with van der Waals surface area (Å²) in [5, 5.41) is 13.4. The number of hydrogen-bond acceptors (Lipinski definition) is 7. The number of likely N-dealkylation sites (tertiary alicyclic amines) is 1. The van der Waals surface area contributed by atoms with Crippen LogP contribution < -0.4 is 5.32 Å². The highest BCUT2D eigenvalue weighted by atomic mass is 79.9. The summed E-state index contributed by atoms with van der Waals surface area (Å²) in [6.45, 7) is 7.78. The van der Waals surface area contributed by atoms with Gasteiger partial charge in [-0.05, 0) is 44.2 Å². The average molecular weight is 673 g/mol. The molecule has 7 atom stereocenters. The first-order valence-corrected chi connectivity index (χ1v) is 16.3. The van der Waals surface area contributed by atoms with Crippen molar-refractivity contribution in [2.24, 2.45) is 17.8 Å². The SMILES string of the molecule is CC(C)C[C@H](CO)N1C(=O)[C@@H]2[C@H]3C(=O)O[C@@H](c4ccccc4)CNC(=O)CC/C=C\CN(C(C)C)C(=O)[C@@H]1[C@]21C=C(Br)[C@H]3O1. The van der Waals surface area contributed by atoms with Crippen LogP contribution in [0.25, 0.3) is 0 Å². The summed E-state index contributed by atoms with van der Waals surface area (Å²) in [6.07, 6.45) is 5.05. The summed E-state index contributed by atoms with van der Waals surface area (Å²) in [5.74, 6) is -3.50. The van der Waals surface area contributed by atoms with E-state index in [4.69, 9.17) is 9.47 Å². The monoisotopic (exact) mass is 671 g/mol. The van der Waals surface area contributed by atoms with Gasteiger partial charge in [-0.2, -0.15) is 0 Å². The minimum absolute atomic E-state index is 0.0622. The average Bonchev–Trinajstić information content (AvgIpc) is 3.58. The molecule has 2 fully saturated rings. The van der Waals surface area contributed by atoms with Crippen molar-refractivity contribution in [2.45, 2.75) is 82.9 Å². The number of allylic oxidation sites excluding steroid dienone is 1. The van der Waals surface area contributed by atoms with Crippen molar-refractivity contribution in [1.29, 1.82) is 0 Å². The summed E-state index contributed by atoms with van der Waals surface area (Å²) in [6, 6.07) is 7.18. The molecule has 10 nitrogen and oxygen atoms in total. The van der Waals surface area contributed by atoms with Crippen LogP contribution in [0.3, 0.4) is 0 Å². The van der Waals surface area contributed by atoms with Crippen molar-refractivity contribution in [2.75, 3.05) is 19.7 Å². The van der Waals surface area contributed by atoms with Gasteiger partial charge in [-0.25, -0.2) is 0 Å². The summed E-state index contributed by atoms with van der Waals surface area (Å²) >= 11 is 3.58. The van der Waals surface area contributed by atoms with Crippen LogP contribution in [0.4, 0.5) is 0 Å². The van der Waals surface area contributed by atoms with Gasteiger partial charge in [0.15, 0.2) is 0 Å². The van der Waals surface area contributed by atoms with Crippen LogP contribution in [0.2, 0.25) is 0 Å². The third kappa shape index (κ3) is 5.86. The van der Waals surface area contributed by atoms with Gasteiger partial charge in [0.25, 0.3) is 0 Å². The second-order valence-corrected chi connectivity index (χ2v) is 13.7. The molecule has 44 heavy (non-hydrogen) atoms. The van der Waals surface area contributed by atoms with Gasteiger partial charge in [0.05, 0.1) is 25.1 Å². The fourth-order valence-corrected chi connectivity index (χ4v) is 7.80. The normalized spacial score (nSPS) is 32.5. The van der Waals surface area contributed by atoms with Crippen molar-refractivity contribution in [1.82, 2.24) is 15.1 Å². The Labute approximate surface area is 266 Å². The molecule has 2 N–H and O–H groups in total. The Morgan fingerprint density at radius 3 is 2.45 bits per heavy atom. The van der Waals surface area contributed by atoms with E-state index in [1.54, 1.807) is 11.0 Å². The maximum Gasteiger partial charge on any atom is 0.313 e. The Bertz CT molecular complexity index is 1330. The van der Waals surface area contributed by atoms with Crippen LogP contribution in [-0.4, -0.2) is 88.1 Å². The van der Waals surface area contributed by atoms with Crippen LogP contribution in [-0.2, 0) is 28.7 Å². The highest BCUT2D eigenvalue weighted by molar-refractivity contribution is 9.11. The molecule has 11 heteroatoms. The number of nitrogens with one attached hydrogen (secondary N) is 1. The Hall–Kier alpha value is -3.02. The van der Waals surface area contributed by atoms with Crippen molar-refractivity contribution in [3.05, 3.63) is 58.6 Å². The lowest BCUT2D eigenvalue weighted by atomic mass is 9.74. The second kappa shape index (κ2) is 13.1. The maximum absolute atomic E-state index is 14.6. The first-order chi connectivity index (χ1) is 21.0. The van der Waals surface area contributed by atoms with Crippen molar-refractivity contribution < 1.29 is 33.8 Å². The molecule has 3 amide bonds. The molecule has 5 bridgehead atoms. The van der Waals surface area contributed by atoms with Gasteiger partial charge in [-0.15, -0.1) is 0 Å². The fourth-order valence-electron chi connectivity index (χ4n) is 7.06. The van der Waals surface area contributed by atoms with E-state index in [1.807, 2.05) is 70.2 Å². The maximum atomic E-state index is 14.6. The largest absolute Gasteiger partial charge is 0.455 e. The third-order valence-corrected chi connectivity index (χ3v) is 9.73. The van der Waals surface area contributed by atoms with Gasteiger partial charge in [-0.1, -0.05) is 72.3 Å². The first-order valence-electron chi connectivity index (χ1n) is 15.5. The summed E-state index contributed by atoms with van der Waals surface area (Å²) in [5.41, 5.74) is -0.725. The number of aliphatic hydroxyl groups is 1. The number of rotatable bonds is 6. The predicted molar refractivity (Wildman–Crippen MR) is 166 cm³/mol. The Balaban J connectivity index is 1.62. The summed E-state index contributed by atoms with van der Waals surface area (Å²) in [4.78, 5) is 59.1. The zero-order valence-corrected chi connectivity index (χ0v) is 27.2. The van der Waals surface area contributed by atoms with Crippen LogP contribution in [0, 0.1) is 17.8 Å². The number of fused-ring (bicyclic) bond motifs is 2. The Morgan fingerprint density at radius 1 is 1.07 bits per heavy atom. The van der Waals surface area contributed by atoms with E-state index in [1.165, 1.54) is 4.90 Å². The molecule has 1 spiro atoms. The molecule has 0 aliphatic carbocycles. The quantitative estimate of drug-likeness (QED) is 0.351. The number of carbonyl (C=O) groups is 4. The topological polar surface area (TPSA) is 125 Å². The molecule has 238 valence electrons. The van der Waals surface area contributed by atoms with Crippen LogP contribution >= 0.6 is 15.9 Å². The van der Waals surface area contributed by atoms with E-state index in [0.717, 1.165) is 0 Å². The van der Waals surface area contributed by atoms with Crippen molar-refractivity contribution >= 4 is 39.6 Å². The van der Waals surface area contributed by atoms with E-state index in [2.05, 4.69) is 21.2 Å². The zero-order valence-electron chi connectivity index (χ0n) is 25.6. The van der Waals surface area contributed by atoms with Gasteiger partial charge < -0.3 is 29.7 Å². The van der Waals surface area contributed by atoms with E-state index < -0.39 is 53.6 Å². The standard InChI is InChI=1S/C33H42BrN3O7/c1-19(2)15-22(18-38)37-29-31(41)36(20(3)4)14-10-6-9-13-25(39)35-17-24(21-11-7-5-8-12-21)43-32(42)26-27(30(37)40)33(29)16-23(34)28(26)44-33/h5-8,10-12,16,19-20,22,24,26-29,38H,9,13-15,17-18H2,1-4H3,(H,35,39)/b10-6-/t22-,24-,26-,27+,28-,29-,33+/m1/s1. The van der Waals surface area contributed by atoms with Crippen molar-refractivity contribution in [3.63, 3.8) is 0 Å². The number of hydrogen-bond donors (Lipinski definition) is 2. The molecule has 0 radical (unpaired) electrons. The van der Waals surface area contributed by atoms with E-state index in [0.29, 0.717) is 22.9 Å². The lowest BCUT2D eigenvalue weighted by molar-refractivity contribution is -0.160. The smallest absolute Gasteiger partial charge is 0.313 e. The van der Waals surface area contributed by atoms with Gasteiger partial charge in [0, 0.05) is 23.5 Å². The van der Waals surface area contributed by atoms with Gasteiger partial charge >= 0.3 is 5.97 Å². The van der Waals surface area contributed by atoms with Gasteiger partial charge in [-0.3, -0.25) is 19.2 Å². The molecular weight excluding hydrogens is 630 g/mol. The predicted octanol–water partition coefficient (Wildman–Crippen LogP) is 3.25. The van der Waals surface area contributed by atoms with Crippen LogP contribution in [0.15, 0.2) is 53.0 Å². The molecular formula is C33H42BrN3O7.